The Hall–Kier alpha value is -2.62. The summed E-state index contributed by atoms with van der Waals surface area (Å²) in [5, 5.41) is 9.36. The summed E-state index contributed by atoms with van der Waals surface area (Å²) in [5.41, 5.74) is 3.37. The highest BCUT2D eigenvalue weighted by Gasteiger charge is 2.07. The summed E-state index contributed by atoms with van der Waals surface area (Å²) in [6.07, 6.45) is 7.42. The van der Waals surface area contributed by atoms with Crippen molar-refractivity contribution in [1.82, 2.24) is 14.5 Å². The third-order valence-electron chi connectivity index (χ3n) is 3.32. The lowest BCUT2D eigenvalue weighted by Crippen LogP contribution is -2.02. The number of aromatic nitrogens is 3. The van der Waals surface area contributed by atoms with Crippen LogP contribution in [-0.2, 0) is 6.54 Å². The van der Waals surface area contributed by atoms with Crippen LogP contribution in [0.2, 0.25) is 0 Å². The van der Waals surface area contributed by atoms with Crippen LogP contribution in [0.4, 0.5) is 0 Å². The van der Waals surface area contributed by atoms with Gasteiger partial charge in [0.15, 0.2) is 0 Å². The largest absolute Gasteiger partial charge is 0.508 e. The van der Waals surface area contributed by atoms with E-state index in [-0.39, 0.29) is 5.75 Å². The lowest BCUT2D eigenvalue weighted by Gasteiger charge is -2.10. The van der Waals surface area contributed by atoms with Crippen LogP contribution >= 0.6 is 0 Å². The Kier molecular flexibility index (Phi) is 3.21. The third-order valence-corrected chi connectivity index (χ3v) is 3.32. The Labute approximate surface area is 117 Å². The summed E-state index contributed by atoms with van der Waals surface area (Å²) in [5.74, 6) is 1.15. The molecular weight excluding hydrogens is 250 g/mol. The third kappa shape index (κ3) is 2.40. The number of aryl methyl sites for hydroxylation is 1. The van der Waals surface area contributed by atoms with Crippen molar-refractivity contribution in [2.45, 2.75) is 13.5 Å². The Morgan fingerprint density at radius 2 is 1.90 bits per heavy atom. The topological polar surface area (TPSA) is 50.9 Å². The molecule has 2 aromatic heterocycles. The van der Waals surface area contributed by atoms with Crippen LogP contribution in [0.15, 0.2) is 55.1 Å². The molecule has 0 bridgehead atoms. The van der Waals surface area contributed by atoms with E-state index in [0.29, 0.717) is 0 Å². The van der Waals surface area contributed by atoms with Gasteiger partial charge in [0.05, 0.1) is 0 Å². The van der Waals surface area contributed by atoms with Gasteiger partial charge >= 0.3 is 0 Å². The Bertz CT molecular complexity index is 717. The maximum absolute atomic E-state index is 9.36. The highest BCUT2D eigenvalue weighted by atomic mass is 16.3. The number of benzene rings is 1. The summed E-state index contributed by atoms with van der Waals surface area (Å²) < 4.78 is 2.09. The molecule has 2 heterocycles. The number of rotatable bonds is 3. The molecule has 0 amide bonds. The second kappa shape index (κ2) is 5.17. The maximum atomic E-state index is 9.36. The maximum Gasteiger partial charge on any atom is 0.140 e. The van der Waals surface area contributed by atoms with Crippen molar-refractivity contribution >= 4 is 0 Å². The molecule has 100 valence electrons. The molecule has 0 spiro atoms. The zero-order valence-electron chi connectivity index (χ0n) is 11.2. The fraction of sp³-hybridized carbons (Fsp3) is 0.125. The van der Waals surface area contributed by atoms with Crippen molar-refractivity contribution in [3.63, 3.8) is 0 Å². The number of phenolic OH excluding ortho intramolecular Hbond substituents is 1. The number of pyridine rings is 1. The molecule has 0 atom stereocenters. The van der Waals surface area contributed by atoms with E-state index in [1.807, 2.05) is 30.6 Å². The summed E-state index contributed by atoms with van der Waals surface area (Å²) in [6.45, 7) is 2.81. The van der Waals surface area contributed by atoms with Gasteiger partial charge in [-0.1, -0.05) is 0 Å². The van der Waals surface area contributed by atoms with E-state index in [0.717, 1.165) is 23.5 Å². The van der Waals surface area contributed by atoms with Crippen LogP contribution in [0, 0.1) is 6.92 Å². The molecule has 0 fully saturated rings. The van der Waals surface area contributed by atoms with Gasteiger partial charge in [-0.2, -0.15) is 0 Å². The Morgan fingerprint density at radius 3 is 2.65 bits per heavy atom. The van der Waals surface area contributed by atoms with Gasteiger partial charge in [0.25, 0.3) is 0 Å². The molecule has 0 unspecified atom stereocenters. The molecule has 3 aromatic rings. The summed E-state index contributed by atoms with van der Waals surface area (Å²) in [7, 11) is 0. The highest BCUT2D eigenvalue weighted by molar-refractivity contribution is 5.56. The van der Waals surface area contributed by atoms with Crippen LogP contribution in [0.3, 0.4) is 0 Å². The van der Waals surface area contributed by atoms with Crippen LogP contribution < -0.4 is 0 Å². The van der Waals surface area contributed by atoms with Crippen LogP contribution in [0.1, 0.15) is 11.1 Å². The molecule has 3 rings (SSSR count). The number of hydrogen-bond acceptors (Lipinski definition) is 3. The molecule has 0 aliphatic heterocycles. The molecule has 20 heavy (non-hydrogen) atoms. The second-order valence-corrected chi connectivity index (χ2v) is 4.73. The SMILES string of the molecule is Cc1cnccc1Cn1ccnc1-c1ccc(O)cc1. The van der Waals surface area contributed by atoms with E-state index in [1.54, 1.807) is 24.5 Å². The zero-order chi connectivity index (χ0) is 13.9. The molecule has 0 aliphatic carbocycles. The molecule has 0 saturated heterocycles. The van der Waals surface area contributed by atoms with Crippen LogP contribution in [0.5, 0.6) is 5.75 Å². The van der Waals surface area contributed by atoms with E-state index in [2.05, 4.69) is 21.5 Å². The smallest absolute Gasteiger partial charge is 0.140 e. The minimum Gasteiger partial charge on any atom is -0.508 e. The Balaban J connectivity index is 1.95. The minimum atomic E-state index is 0.261. The number of phenols is 1. The van der Waals surface area contributed by atoms with Crippen molar-refractivity contribution in [3.8, 4) is 17.1 Å². The van der Waals surface area contributed by atoms with Gasteiger partial charge in [0.1, 0.15) is 11.6 Å². The standard InChI is InChI=1S/C16H15N3O/c1-12-10-17-7-6-14(12)11-19-9-8-18-16(19)13-2-4-15(20)5-3-13/h2-10,20H,11H2,1H3. The van der Waals surface area contributed by atoms with Crippen molar-refractivity contribution in [1.29, 1.82) is 0 Å². The molecule has 4 nitrogen and oxygen atoms in total. The molecule has 1 aromatic carbocycles. The van der Waals surface area contributed by atoms with Gasteiger partial charge in [-0.3, -0.25) is 4.98 Å². The normalized spacial score (nSPS) is 10.7. The van der Waals surface area contributed by atoms with E-state index < -0.39 is 0 Å². The van der Waals surface area contributed by atoms with E-state index in [4.69, 9.17) is 0 Å². The lowest BCUT2D eigenvalue weighted by molar-refractivity contribution is 0.475. The van der Waals surface area contributed by atoms with Crippen LogP contribution in [-0.4, -0.2) is 19.6 Å². The summed E-state index contributed by atoms with van der Waals surface area (Å²) >= 11 is 0. The zero-order valence-corrected chi connectivity index (χ0v) is 11.2. The fourth-order valence-corrected chi connectivity index (χ4v) is 2.17. The van der Waals surface area contributed by atoms with Crippen molar-refractivity contribution < 1.29 is 5.11 Å². The first kappa shape index (κ1) is 12.4. The Morgan fingerprint density at radius 1 is 1.10 bits per heavy atom. The quantitative estimate of drug-likeness (QED) is 0.792. The van der Waals surface area contributed by atoms with E-state index >= 15 is 0 Å². The van der Waals surface area contributed by atoms with Gasteiger partial charge in [-0.25, -0.2) is 4.98 Å². The van der Waals surface area contributed by atoms with Gasteiger partial charge in [-0.15, -0.1) is 0 Å². The summed E-state index contributed by atoms with van der Waals surface area (Å²) in [4.78, 5) is 8.52. The van der Waals surface area contributed by atoms with Gasteiger partial charge in [-0.05, 0) is 48.4 Å². The van der Waals surface area contributed by atoms with Gasteiger partial charge < -0.3 is 9.67 Å². The summed E-state index contributed by atoms with van der Waals surface area (Å²) in [6, 6.07) is 9.11. The first-order valence-corrected chi connectivity index (χ1v) is 6.44. The van der Waals surface area contributed by atoms with Crippen molar-refractivity contribution in [3.05, 3.63) is 66.2 Å². The molecule has 0 saturated carbocycles. The number of nitrogens with zero attached hydrogens (tertiary/aromatic N) is 3. The number of aromatic hydroxyl groups is 1. The van der Waals surface area contributed by atoms with E-state index in [1.165, 1.54) is 5.56 Å². The van der Waals surface area contributed by atoms with Crippen molar-refractivity contribution in [2.75, 3.05) is 0 Å². The molecular formula is C16H15N3O. The average Bonchev–Trinajstić information content (AvgIpc) is 2.90. The first-order valence-electron chi connectivity index (χ1n) is 6.44. The second-order valence-electron chi connectivity index (χ2n) is 4.73. The van der Waals surface area contributed by atoms with Gasteiger partial charge in [0.2, 0.25) is 0 Å². The van der Waals surface area contributed by atoms with Crippen molar-refractivity contribution in [2.24, 2.45) is 0 Å². The lowest BCUT2D eigenvalue weighted by atomic mass is 10.1. The monoisotopic (exact) mass is 265 g/mol. The first-order chi connectivity index (χ1) is 9.74. The minimum absolute atomic E-state index is 0.261. The molecule has 0 aliphatic rings. The average molecular weight is 265 g/mol. The predicted molar refractivity (Wildman–Crippen MR) is 77.4 cm³/mol. The number of hydrogen-bond donors (Lipinski definition) is 1. The molecule has 4 heteroatoms. The predicted octanol–water partition coefficient (Wildman–Crippen LogP) is 3.01. The van der Waals surface area contributed by atoms with E-state index in [9.17, 15) is 5.11 Å². The highest BCUT2D eigenvalue weighted by Crippen LogP contribution is 2.21. The molecule has 0 radical (unpaired) electrons. The molecule has 1 N–H and O–H groups in total. The number of imidazole rings is 1. The fourth-order valence-electron chi connectivity index (χ4n) is 2.17. The van der Waals surface area contributed by atoms with Gasteiger partial charge in [0, 0.05) is 36.9 Å². The van der Waals surface area contributed by atoms with Crippen LogP contribution in [0.25, 0.3) is 11.4 Å².